The van der Waals surface area contributed by atoms with Crippen LogP contribution in [-0.2, 0) is 0 Å². The maximum Gasteiger partial charge on any atom is 0.276 e. The molecule has 0 saturated carbocycles. The van der Waals surface area contributed by atoms with Crippen LogP contribution in [0.5, 0.6) is 5.88 Å². The third-order valence-corrected chi connectivity index (χ3v) is 2.80. The number of carbonyl (C=O) groups is 1. The van der Waals surface area contributed by atoms with Crippen molar-refractivity contribution in [3.63, 3.8) is 0 Å². The van der Waals surface area contributed by atoms with Crippen molar-refractivity contribution < 1.29 is 13.9 Å². The lowest BCUT2D eigenvalue weighted by atomic mass is 10.3. The Balaban J connectivity index is 1.73. The number of pyridine rings is 1. The van der Waals surface area contributed by atoms with Crippen molar-refractivity contribution in [2.45, 2.75) is 0 Å². The Hall–Kier alpha value is -3.09. The first-order chi connectivity index (χ1) is 10.3. The summed E-state index contributed by atoms with van der Waals surface area (Å²) in [6, 6.07) is 8.52. The molecular formula is C14H12N4O3. The van der Waals surface area contributed by atoms with Gasteiger partial charge in [-0.3, -0.25) is 9.89 Å². The van der Waals surface area contributed by atoms with Crippen molar-refractivity contribution in [3.8, 4) is 17.3 Å². The van der Waals surface area contributed by atoms with E-state index >= 15 is 0 Å². The molecule has 3 rings (SSSR count). The van der Waals surface area contributed by atoms with Crippen LogP contribution in [0.3, 0.4) is 0 Å². The summed E-state index contributed by atoms with van der Waals surface area (Å²) in [5.41, 5.74) is 1.46. The number of H-pyrrole nitrogens is 1. The van der Waals surface area contributed by atoms with Gasteiger partial charge in [0.15, 0.2) is 11.5 Å². The lowest BCUT2D eigenvalue weighted by Gasteiger charge is -2.03. The molecule has 3 aromatic rings. The number of nitrogens with one attached hydrogen (secondary N) is 2. The molecular weight excluding hydrogens is 272 g/mol. The number of aromatic nitrogens is 3. The average Bonchev–Trinajstić information content (AvgIpc) is 3.19. The van der Waals surface area contributed by atoms with Gasteiger partial charge >= 0.3 is 0 Å². The van der Waals surface area contributed by atoms with Crippen molar-refractivity contribution in [2.24, 2.45) is 0 Å². The number of carbonyl (C=O) groups excluding carboxylic acids is 1. The second-order valence-corrected chi connectivity index (χ2v) is 4.19. The van der Waals surface area contributed by atoms with E-state index in [2.05, 4.69) is 20.5 Å². The SMILES string of the molecule is COc1ccc(NC(=O)c2cc(-c3ccco3)[nH]n2)cn1. The summed E-state index contributed by atoms with van der Waals surface area (Å²) in [4.78, 5) is 16.1. The first-order valence-corrected chi connectivity index (χ1v) is 6.17. The van der Waals surface area contributed by atoms with Crippen LogP contribution in [-0.4, -0.2) is 28.2 Å². The number of nitrogens with zero attached hydrogens (tertiary/aromatic N) is 2. The number of furan rings is 1. The zero-order chi connectivity index (χ0) is 14.7. The minimum absolute atomic E-state index is 0.261. The van der Waals surface area contributed by atoms with Crippen LogP contribution in [0.25, 0.3) is 11.5 Å². The fourth-order valence-electron chi connectivity index (χ4n) is 1.77. The van der Waals surface area contributed by atoms with Gasteiger partial charge in [0.25, 0.3) is 5.91 Å². The molecule has 0 spiro atoms. The molecule has 7 nitrogen and oxygen atoms in total. The zero-order valence-electron chi connectivity index (χ0n) is 11.2. The van der Waals surface area contributed by atoms with E-state index in [9.17, 15) is 4.79 Å². The molecule has 0 unspecified atom stereocenters. The normalized spacial score (nSPS) is 10.3. The summed E-state index contributed by atoms with van der Waals surface area (Å²) >= 11 is 0. The van der Waals surface area contributed by atoms with Gasteiger partial charge in [0.1, 0.15) is 5.69 Å². The second kappa shape index (κ2) is 5.49. The van der Waals surface area contributed by atoms with Crippen molar-refractivity contribution >= 4 is 11.6 Å². The van der Waals surface area contributed by atoms with E-state index in [1.807, 2.05) is 0 Å². The summed E-state index contributed by atoms with van der Waals surface area (Å²) in [5, 5.41) is 9.41. The maximum atomic E-state index is 12.1. The van der Waals surface area contributed by atoms with Gasteiger partial charge in [-0.25, -0.2) is 4.98 Å². The molecule has 0 fully saturated rings. The molecule has 3 aromatic heterocycles. The monoisotopic (exact) mass is 284 g/mol. The number of amides is 1. The van der Waals surface area contributed by atoms with Crippen molar-refractivity contribution in [1.29, 1.82) is 0 Å². The molecule has 0 radical (unpaired) electrons. The van der Waals surface area contributed by atoms with E-state index in [0.717, 1.165) is 0 Å². The molecule has 1 amide bonds. The molecule has 0 aliphatic heterocycles. The van der Waals surface area contributed by atoms with Crippen molar-refractivity contribution in [3.05, 3.63) is 48.5 Å². The highest BCUT2D eigenvalue weighted by Crippen LogP contribution is 2.18. The number of methoxy groups -OCH3 is 1. The third kappa shape index (κ3) is 2.76. The highest BCUT2D eigenvalue weighted by molar-refractivity contribution is 6.03. The van der Waals surface area contributed by atoms with Gasteiger partial charge in [-0.15, -0.1) is 0 Å². The Labute approximate surface area is 120 Å². The van der Waals surface area contributed by atoms with Crippen molar-refractivity contribution in [1.82, 2.24) is 15.2 Å². The number of ether oxygens (including phenoxy) is 1. The largest absolute Gasteiger partial charge is 0.481 e. The van der Waals surface area contributed by atoms with Crippen LogP contribution in [0.15, 0.2) is 47.2 Å². The van der Waals surface area contributed by atoms with Crippen LogP contribution >= 0.6 is 0 Å². The minimum atomic E-state index is -0.337. The molecule has 0 aliphatic rings. The summed E-state index contributed by atoms with van der Waals surface area (Å²) < 4.78 is 10.2. The van der Waals surface area contributed by atoms with Gasteiger partial charge < -0.3 is 14.5 Å². The standard InChI is InChI=1S/C14H12N4O3/c1-20-13-5-4-9(8-15-13)16-14(19)11-7-10(17-18-11)12-3-2-6-21-12/h2-8H,1H3,(H,16,19)(H,17,18). The Bertz CT molecular complexity index is 732. The van der Waals surface area contributed by atoms with Gasteiger partial charge in [-0.05, 0) is 18.2 Å². The van der Waals surface area contributed by atoms with E-state index in [4.69, 9.17) is 9.15 Å². The van der Waals surface area contributed by atoms with Crippen molar-refractivity contribution in [2.75, 3.05) is 12.4 Å². The molecule has 0 aliphatic carbocycles. The molecule has 2 N–H and O–H groups in total. The number of hydrogen-bond donors (Lipinski definition) is 2. The molecule has 3 heterocycles. The highest BCUT2D eigenvalue weighted by atomic mass is 16.5. The van der Waals surface area contributed by atoms with Crippen LogP contribution in [0, 0.1) is 0 Å². The number of hydrogen-bond acceptors (Lipinski definition) is 5. The second-order valence-electron chi connectivity index (χ2n) is 4.19. The van der Waals surface area contributed by atoms with E-state index < -0.39 is 0 Å². The van der Waals surface area contributed by atoms with E-state index in [1.54, 1.807) is 36.6 Å². The number of rotatable bonds is 4. The lowest BCUT2D eigenvalue weighted by molar-refractivity contribution is 0.102. The Morgan fingerprint density at radius 2 is 2.29 bits per heavy atom. The summed E-state index contributed by atoms with van der Waals surface area (Å²) in [6.07, 6.45) is 3.07. The zero-order valence-corrected chi connectivity index (χ0v) is 11.2. The summed E-state index contributed by atoms with van der Waals surface area (Å²) in [7, 11) is 1.53. The Kier molecular flexibility index (Phi) is 3.38. The number of aromatic amines is 1. The van der Waals surface area contributed by atoms with Gasteiger partial charge in [-0.2, -0.15) is 5.10 Å². The first kappa shape index (κ1) is 12.9. The first-order valence-electron chi connectivity index (χ1n) is 6.17. The Morgan fingerprint density at radius 1 is 1.38 bits per heavy atom. The van der Waals surface area contributed by atoms with Gasteiger partial charge in [0.05, 0.1) is 25.3 Å². The average molecular weight is 284 g/mol. The molecule has 0 aromatic carbocycles. The number of anilines is 1. The fraction of sp³-hybridized carbons (Fsp3) is 0.0714. The van der Waals surface area contributed by atoms with E-state index in [-0.39, 0.29) is 11.6 Å². The Morgan fingerprint density at radius 3 is 2.95 bits per heavy atom. The molecule has 0 atom stereocenters. The molecule has 0 saturated heterocycles. The van der Waals surface area contributed by atoms with Crippen LogP contribution < -0.4 is 10.1 Å². The molecule has 0 bridgehead atoms. The highest BCUT2D eigenvalue weighted by Gasteiger charge is 2.13. The van der Waals surface area contributed by atoms with Gasteiger partial charge in [-0.1, -0.05) is 0 Å². The maximum absolute atomic E-state index is 12.1. The van der Waals surface area contributed by atoms with Gasteiger partial charge in [0, 0.05) is 12.1 Å². The predicted octanol–water partition coefficient (Wildman–Crippen LogP) is 2.33. The summed E-state index contributed by atoms with van der Waals surface area (Å²) in [5.74, 6) is 0.761. The molecule has 106 valence electrons. The molecule has 7 heteroatoms. The van der Waals surface area contributed by atoms with Crippen LogP contribution in [0.2, 0.25) is 0 Å². The van der Waals surface area contributed by atoms with E-state index in [1.165, 1.54) is 13.3 Å². The molecule has 21 heavy (non-hydrogen) atoms. The van der Waals surface area contributed by atoms with Crippen LogP contribution in [0.1, 0.15) is 10.5 Å². The fourth-order valence-corrected chi connectivity index (χ4v) is 1.77. The smallest absolute Gasteiger partial charge is 0.276 e. The lowest BCUT2D eigenvalue weighted by Crippen LogP contribution is -2.12. The quantitative estimate of drug-likeness (QED) is 0.767. The summed E-state index contributed by atoms with van der Waals surface area (Å²) in [6.45, 7) is 0. The minimum Gasteiger partial charge on any atom is -0.481 e. The van der Waals surface area contributed by atoms with E-state index in [0.29, 0.717) is 23.0 Å². The third-order valence-electron chi connectivity index (χ3n) is 2.80. The van der Waals surface area contributed by atoms with Crippen LogP contribution in [0.4, 0.5) is 5.69 Å². The van der Waals surface area contributed by atoms with Gasteiger partial charge in [0.2, 0.25) is 5.88 Å². The topological polar surface area (TPSA) is 93.0 Å². The predicted molar refractivity (Wildman–Crippen MR) is 75.0 cm³/mol.